The fourth-order valence-electron chi connectivity index (χ4n) is 18.9. The molecule has 0 radical (unpaired) electrons. The molecule has 10 rings (SSSR count). The maximum absolute atomic E-state index is 15.2. The van der Waals surface area contributed by atoms with Gasteiger partial charge in [0.15, 0.2) is 18.9 Å². The number of rotatable bonds is 13. The highest BCUT2D eigenvalue weighted by atomic mass is 16.8. The Morgan fingerprint density at radius 1 is 0.548 bits per heavy atom. The van der Waals surface area contributed by atoms with E-state index in [-0.39, 0.29) is 65.0 Å². The molecule has 0 bridgehead atoms. The normalized spacial score (nSPS) is 56.8. The van der Waals surface area contributed by atoms with Crippen molar-refractivity contribution in [2.45, 2.75) is 260 Å². The average Bonchev–Trinajstić information content (AvgIpc) is 1.67. The smallest absolute Gasteiger partial charge is 0.314 e. The molecule has 5 aliphatic carbocycles. The van der Waals surface area contributed by atoms with E-state index < -0.39 is 177 Å². The van der Waals surface area contributed by atoms with E-state index in [9.17, 15) is 76.6 Å². The number of hydrogen-bond acceptors (Lipinski definition) is 25. The molecule has 5 saturated heterocycles. The number of fused-ring (bicyclic) bond motifs is 7. The highest BCUT2D eigenvalue weighted by Crippen LogP contribution is 2.78. The molecule has 35 atom stereocenters. The monoisotopic (exact) mass is 1200 g/mol. The lowest BCUT2D eigenvalue weighted by atomic mass is 9.31. The molecule has 25 nitrogen and oxygen atoms in total. The zero-order valence-corrected chi connectivity index (χ0v) is 49.2. The first-order valence-corrected chi connectivity index (χ1v) is 30.5. The maximum Gasteiger partial charge on any atom is 0.314 e. The molecule has 0 unspecified atom stereocenters. The van der Waals surface area contributed by atoms with Crippen LogP contribution in [0.3, 0.4) is 0 Å². The van der Waals surface area contributed by atoms with Gasteiger partial charge < -0.3 is 119 Å². The van der Waals surface area contributed by atoms with Gasteiger partial charge in [-0.15, -0.1) is 0 Å². The third-order valence-corrected chi connectivity index (χ3v) is 24.0. The van der Waals surface area contributed by atoms with Crippen LogP contribution in [-0.2, 0) is 47.4 Å². The van der Waals surface area contributed by atoms with Crippen LogP contribution in [0, 0.1) is 62.6 Å². The van der Waals surface area contributed by atoms with Crippen molar-refractivity contribution in [3.05, 3.63) is 12.2 Å². The lowest BCUT2D eigenvalue weighted by Crippen LogP contribution is -2.69. The van der Waals surface area contributed by atoms with E-state index in [0.717, 1.165) is 37.7 Å². The summed E-state index contributed by atoms with van der Waals surface area (Å²) >= 11 is 0. The van der Waals surface area contributed by atoms with Crippen LogP contribution in [0.4, 0.5) is 0 Å². The second kappa shape index (κ2) is 24.2. The summed E-state index contributed by atoms with van der Waals surface area (Å²) in [7, 11) is 0. The fraction of sp³-hybridized carbons (Fsp3) is 0.949. The van der Waals surface area contributed by atoms with E-state index >= 15 is 4.79 Å². The molecule has 10 aliphatic rings. The van der Waals surface area contributed by atoms with Crippen LogP contribution in [0.25, 0.3) is 0 Å². The third kappa shape index (κ3) is 10.4. The Morgan fingerprint density at radius 3 is 1.80 bits per heavy atom. The van der Waals surface area contributed by atoms with Gasteiger partial charge in [-0.05, 0) is 142 Å². The molecule has 482 valence electrons. The van der Waals surface area contributed by atoms with Gasteiger partial charge in [0.1, 0.15) is 104 Å². The van der Waals surface area contributed by atoms with Crippen LogP contribution in [0.15, 0.2) is 12.2 Å². The van der Waals surface area contributed by atoms with E-state index in [1.807, 2.05) is 6.92 Å². The number of carbonyl (C=O) groups is 1. The van der Waals surface area contributed by atoms with Gasteiger partial charge in [-0.3, -0.25) is 4.79 Å². The quantitative estimate of drug-likeness (QED) is 0.0674. The van der Waals surface area contributed by atoms with Crippen molar-refractivity contribution >= 4 is 5.97 Å². The molecule has 15 N–H and O–H groups in total. The summed E-state index contributed by atoms with van der Waals surface area (Å²) in [6, 6.07) is 0. The molecule has 0 amide bonds. The fourth-order valence-corrected chi connectivity index (χ4v) is 18.9. The minimum absolute atomic E-state index is 0.0184. The number of esters is 1. The SMILES string of the molecule is C=C(C)[C@@H]1CC[C@]2(C(=O)O[C@@H]3O[C@@H](C)[C@H](O[C@@H]4O[C@H](CO[C@@H]5O[C@H](CO)[C@@H](O)[C@H](O)[C@H]5O)[C@@H](O)[C@H](O)[C@H]4O)[C@@H](O)[C@H]3O)CC[C@]3(C)[C@H](CC[C@@H]4[C@@]5(C)CC[C@H]([C@@H]6OC[C@H](O)[C@H](O)[C@H]6O[C@@H]6O[C@@H](C)[C@H](O)[C@@H](O)[C@H]6O)[C@@](C)(CO)[C@@H]5CC[C@]43C)[C@@H]12. The molecule has 5 saturated carbocycles. The molecule has 0 aromatic rings. The molecule has 25 heteroatoms. The first kappa shape index (κ1) is 65.2. The summed E-state index contributed by atoms with van der Waals surface area (Å²) < 4.78 is 53.5. The second-order valence-corrected chi connectivity index (χ2v) is 28.0. The standard InChI is InChI=1S/C59H96O25/c1-23(2)26-11-16-59(54(75)84-52-46(74)42(70)47(25(4)79-52)82-53-45(73)41(69)38(66)31(81-53)21-77-50-43(71)40(68)37(65)30(19-60)80-50)18-17-57(7)27(34(26)59)9-10-33-55(5)14-12-28(56(6,22-61)32(55)13-15-58(33,57)8)48-49(36(64)29(62)20-76-48)83-51-44(72)39(67)35(63)24(3)78-51/h24-53,60-74H,1,9-22H2,2-8H3/t24-,25-,26-,27+,28+,29-,30+,31+,32+,33+,34+,35-,36-,37+,38+,39+,40-,41-,42-,43+,44+,45+,46+,47-,48-,49+,50+,51-,52-,53-,55-,56+,57+,58+,59-/m0/s1. The molecule has 5 aliphatic heterocycles. The summed E-state index contributed by atoms with van der Waals surface area (Å²) in [5, 5.41) is 163. The number of ether oxygens (including phenoxy) is 9. The summed E-state index contributed by atoms with van der Waals surface area (Å²) in [5.74, 6) is -0.913. The molecular formula is C59H96O25. The highest BCUT2D eigenvalue weighted by molar-refractivity contribution is 5.78. The number of aliphatic hydroxyl groups is 15. The predicted molar refractivity (Wildman–Crippen MR) is 287 cm³/mol. The van der Waals surface area contributed by atoms with Crippen LogP contribution in [0.1, 0.15) is 113 Å². The van der Waals surface area contributed by atoms with Crippen LogP contribution >= 0.6 is 0 Å². The van der Waals surface area contributed by atoms with Gasteiger partial charge in [0, 0.05) is 6.61 Å². The number of hydrogen-bond donors (Lipinski definition) is 15. The zero-order valence-electron chi connectivity index (χ0n) is 49.2. The average molecular weight is 1210 g/mol. The van der Waals surface area contributed by atoms with Gasteiger partial charge in [0.05, 0.1) is 43.5 Å². The Balaban J connectivity index is 0.826. The van der Waals surface area contributed by atoms with Crippen molar-refractivity contribution in [3.63, 3.8) is 0 Å². The molecule has 84 heavy (non-hydrogen) atoms. The van der Waals surface area contributed by atoms with Crippen molar-refractivity contribution in [1.29, 1.82) is 0 Å². The largest absolute Gasteiger partial charge is 0.432 e. The zero-order chi connectivity index (χ0) is 61.2. The number of allylic oxidation sites excluding steroid dienone is 1. The van der Waals surface area contributed by atoms with Crippen LogP contribution in [0.5, 0.6) is 0 Å². The van der Waals surface area contributed by atoms with E-state index in [1.54, 1.807) is 0 Å². The minimum Gasteiger partial charge on any atom is -0.432 e. The first-order valence-electron chi connectivity index (χ1n) is 30.5. The van der Waals surface area contributed by atoms with Crippen molar-refractivity contribution < 1.29 is 124 Å². The van der Waals surface area contributed by atoms with Gasteiger partial charge in [0.25, 0.3) is 0 Å². The molecule has 0 aromatic heterocycles. The van der Waals surface area contributed by atoms with E-state index in [2.05, 4.69) is 34.3 Å². The van der Waals surface area contributed by atoms with E-state index in [4.69, 9.17) is 42.6 Å². The van der Waals surface area contributed by atoms with Crippen molar-refractivity contribution in [1.82, 2.24) is 0 Å². The first-order chi connectivity index (χ1) is 39.5. The Labute approximate surface area is 489 Å². The number of carbonyl (C=O) groups excluding carboxylic acids is 1. The maximum atomic E-state index is 15.2. The summed E-state index contributed by atoms with van der Waals surface area (Å²) in [4.78, 5) is 15.2. The second-order valence-electron chi connectivity index (χ2n) is 28.0. The molecule has 5 heterocycles. The summed E-state index contributed by atoms with van der Waals surface area (Å²) in [6.45, 7) is 17.0. The van der Waals surface area contributed by atoms with Gasteiger partial charge in [-0.1, -0.05) is 39.8 Å². The number of aliphatic hydroxyl groups excluding tert-OH is 15. The van der Waals surface area contributed by atoms with Crippen molar-refractivity contribution in [2.75, 3.05) is 26.4 Å². The van der Waals surface area contributed by atoms with Gasteiger partial charge in [0.2, 0.25) is 6.29 Å². The topological polar surface area (TPSA) is 404 Å². The summed E-state index contributed by atoms with van der Waals surface area (Å²) in [5.41, 5.74) is -1.59. The highest BCUT2D eigenvalue weighted by Gasteiger charge is 2.73. The molecule has 0 aromatic carbocycles. The molecule has 10 fully saturated rings. The van der Waals surface area contributed by atoms with Gasteiger partial charge in [-0.2, -0.15) is 0 Å². The van der Waals surface area contributed by atoms with Crippen LogP contribution in [-0.4, -0.2) is 256 Å². The Hall–Kier alpha value is -1.71. The lowest BCUT2D eigenvalue weighted by Gasteiger charge is -2.73. The minimum atomic E-state index is -1.90. The predicted octanol–water partition coefficient (Wildman–Crippen LogP) is -2.41. The Kier molecular flexibility index (Phi) is 18.8. The lowest BCUT2D eigenvalue weighted by molar-refractivity contribution is -0.360. The Morgan fingerprint density at radius 2 is 1.14 bits per heavy atom. The molecular weight excluding hydrogens is 1110 g/mol. The van der Waals surface area contributed by atoms with Crippen molar-refractivity contribution in [3.8, 4) is 0 Å². The molecule has 0 spiro atoms. The van der Waals surface area contributed by atoms with Crippen LogP contribution in [0.2, 0.25) is 0 Å². The van der Waals surface area contributed by atoms with Gasteiger partial charge in [-0.25, -0.2) is 0 Å². The summed E-state index contributed by atoms with van der Waals surface area (Å²) in [6.07, 6.45) is -29.8. The van der Waals surface area contributed by atoms with Crippen molar-refractivity contribution in [2.24, 2.45) is 62.6 Å². The van der Waals surface area contributed by atoms with E-state index in [1.165, 1.54) is 13.8 Å². The van der Waals surface area contributed by atoms with Gasteiger partial charge >= 0.3 is 5.97 Å². The third-order valence-electron chi connectivity index (χ3n) is 24.0. The Bertz CT molecular complexity index is 2320. The van der Waals surface area contributed by atoms with E-state index in [0.29, 0.717) is 32.1 Å². The van der Waals surface area contributed by atoms with Crippen LogP contribution < -0.4 is 0 Å².